The van der Waals surface area contributed by atoms with E-state index in [1.807, 2.05) is 35.2 Å². The highest BCUT2D eigenvalue weighted by Crippen LogP contribution is 2.08. The molecule has 2 aromatic carbocycles. The zero-order valence-electron chi connectivity index (χ0n) is 14.9. The van der Waals surface area contributed by atoms with Gasteiger partial charge >= 0.3 is 0 Å². The maximum Gasteiger partial charge on any atom is 0.260 e. The number of aryl methyl sites for hydroxylation is 1. The normalized spacial score (nSPS) is 15.2. The van der Waals surface area contributed by atoms with Crippen LogP contribution in [0.3, 0.4) is 0 Å². The fourth-order valence-electron chi connectivity index (χ4n) is 3.18. The van der Waals surface area contributed by atoms with Gasteiger partial charge < -0.3 is 14.5 Å². The highest BCUT2D eigenvalue weighted by molar-refractivity contribution is 5.77. The molecular formula is C21H27N2O2+. The van der Waals surface area contributed by atoms with Gasteiger partial charge in [-0.25, -0.2) is 0 Å². The first-order valence-corrected chi connectivity index (χ1v) is 9.11. The lowest BCUT2D eigenvalue weighted by molar-refractivity contribution is -0.917. The first-order chi connectivity index (χ1) is 12.2. The van der Waals surface area contributed by atoms with Gasteiger partial charge in [-0.2, -0.15) is 0 Å². The zero-order valence-corrected chi connectivity index (χ0v) is 14.9. The van der Waals surface area contributed by atoms with Crippen molar-refractivity contribution in [3.05, 3.63) is 65.7 Å². The van der Waals surface area contributed by atoms with Crippen molar-refractivity contribution in [3.8, 4) is 5.75 Å². The molecule has 1 heterocycles. The van der Waals surface area contributed by atoms with Gasteiger partial charge in [0.05, 0.1) is 26.2 Å². The number of quaternary nitrogens is 1. The third-order valence-corrected chi connectivity index (χ3v) is 4.81. The van der Waals surface area contributed by atoms with Gasteiger partial charge in [0, 0.05) is 5.56 Å². The maximum atomic E-state index is 12.3. The third kappa shape index (κ3) is 5.07. The summed E-state index contributed by atoms with van der Waals surface area (Å²) in [4.78, 5) is 15.8. The van der Waals surface area contributed by atoms with E-state index in [1.165, 1.54) is 16.0 Å². The lowest BCUT2D eigenvalue weighted by Gasteiger charge is -2.32. The SMILES string of the molecule is CCc1ccc(C[NH+]2CCN(C(=O)COc3ccccc3)CC2)cc1. The second kappa shape index (κ2) is 8.67. The Morgan fingerprint density at radius 3 is 2.28 bits per heavy atom. The van der Waals surface area contributed by atoms with E-state index in [0.717, 1.165) is 44.9 Å². The van der Waals surface area contributed by atoms with Gasteiger partial charge in [-0.05, 0) is 24.1 Å². The molecule has 4 heteroatoms. The summed E-state index contributed by atoms with van der Waals surface area (Å²) in [5, 5.41) is 0. The van der Waals surface area contributed by atoms with E-state index in [-0.39, 0.29) is 12.5 Å². The molecule has 3 rings (SSSR count). The van der Waals surface area contributed by atoms with Crippen LogP contribution in [0.15, 0.2) is 54.6 Å². The van der Waals surface area contributed by atoms with Crippen molar-refractivity contribution < 1.29 is 14.4 Å². The van der Waals surface area contributed by atoms with Gasteiger partial charge in [0.1, 0.15) is 12.3 Å². The molecular weight excluding hydrogens is 312 g/mol. The molecule has 2 aromatic rings. The molecule has 1 saturated heterocycles. The van der Waals surface area contributed by atoms with Crippen LogP contribution in [-0.4, -0.2) is 43.6 Å². The highest BCUT2D eigenvalue weighted by Gasteiger charge is 2.23. The Morgan fingerprint density at radius 2 is 1.64 bits per heavy atom. The number of hydrogen-bond donors (Lipinski definition) is 1. The molecule has 0 aromatic heterocycles. The summed E-state index contributed by atoms with van der Waals surface area (Å²) in [6.45, 7) is 6.93. The highest BCUT2D eigenvalue weighted by atomic mass is 16.5. The molecule has 132 valence electrons. The quantitative estimate of drug-likeness (QED) is 0.867. The van der Waals surface area contributed by atoms with Crippen molar-refractivity contribution in [2.45, 2.75) is 19.9 Å². The van der Waals surface area contributed by atoms with E-state index in [2.05, 4.69) is 31.2 Å². The summed E-state index contributed by atoms with van der Waals surface area (Å²) in [7, 11) is 0. The predicted molar refractivity (Wildman–Crippen MR) is 98.7 cm³/mol. The van der Waals surface area contributed by atoms with Crippen LogP contribution in [0.1, 0.15) is 18.1 Å². The first-order valence-electron chi connectivity index (χ1n) is 9.11. The number of piperazine rings is 1. The number of carbonyl (C=O) groups is 1. The Kier molecular flexibility index (Phi) is 6.07. The molecule has 0 spiro atoms. The number of hydrogen-bond acceptors (Lipinski definition) is 2. The molecule has 0 bridgehead atoms. The van der Waals surface area contributed by atoms with Crippen LogP contribution in [0.2, 0.25) is 0 Å². The van der Waals surface area contributed by atoms with Crippen molar-refractivity contribution in [3.63, 3.8) is 0 Å². The number of nitrogens with one attached hydrogen (secondary N) is 1. The van der Waals surface area contributed by atoms with Gasteiger partial charge in [0.15, 0.2) is 6.61 Å². The lowest BCUT2D eigenvalue weighted by Crippen LogP contribution is -3.13. The summed E-state index contributed by atoms with van der Waals surface area (Å²) in [5.74, 6) is 0.825. The minimum absolute atomic E-state index is 0.0789. The summed E-state index contributed by atoms with van der Waals surface area (Å²) >= 11 is 0. The van der Waals surface area contributed by atoms with E-state index in [1.54, 1.807) is 0 Å². The second-order valence-corrected chi connectivity index (χ2v) is 6.58. The molecule has 1 amide bonds. The average Bonchev–Trinajstić information content (AvgIpc) is 2.68. The maximum absolute atomic E-state index is 12.3. The lowest BCUT2D eigenvalue weighted by atomic mass is 10.1. The number of para-hydroxylation sites is 1. The van der Waals surface area contributed by atoms with Gasteiger partial charge in [-0.1, -0.05) is 49.4 Å². The van der Waals surface area contributed by atoms with Gasteiger partial charge in [0.2, 0.25) is 0 Å². The smallest absolute Gasteiger partial charge is 0.260 e. The van der Waals surface area contributed by atoms with Crippen LogP contribution in [0.25, 0.3) is 0 Å². The molecule has 1 fully saturated rings. The Balaban J connectivity index is 1.42. The third-order valence-electron chi connectivity index (χ3n) is 4.81. The van der Waals surface area contributed by atoms with E-state index in [0.29, 0.717) is 0 Å². The Bertz CT molecular complexity index is 662. The minimum Gasteiger partial charge on any atom is -0.484 e. The summed E-state index contributed by atoms with van der Waals surface area (Å²) < 4.78 is 5.57. The van der Waals surface area contributed by atoms with Gasteiger partial charge in [-0.3, -0.25) is 4.79 Å². The largest absolute Gasteiger partial charge is 0.484 e. The van der Waals surface area contributed by atoms with Gasteiger partial charge in [0.25, 0.3) is 5.91 Å². The van der Waals surface area contributed by atoms with Crippen LogP contribution in [0.4, 0.5) is 0 Å². The molecule has 0 radical (unpaired) electrons. The number of carbonyl (C=O) groups excluding carboxylic acids is 1. The first kappa shape index (κ1) is 17.5. The molecule has 0 unspecified atom stereocenters. The summed E-state index contributed by atoms with van der Waals surface area (Å²) in [6.07, 6.45) is 1.08. The van der Waals surface area contributed by atoms with Crippen molar-refractivity contribution in [1.29, 1.82) is 0 Å². The number of ether oxygens (including phenoxy) is 1. The number of nitrogens with zero attached hydrogens (tertiary/aromatic N) is 1. The van der Waals surface area contributed by atoms with Crippen molar-refractivity contribution in [1.82, 2.24) is 4.90 Å². The predicted octanol–water partition coefficient (Wildman–Crippen LogP) is 1.56. The van der Waals surface area contributed by atoms with Crippen LogP contribution in [-0.2, 0) is 17.8 Å². The molecule has 0 saturated carbocycles. The number of benzene rings is 2. The van der Waals surface area contributed by atoms with Crippen molar-refractivity contribution >= 4 is 5.91 Å². The van der Waals surface area contributed by atoms with Gasteiger partial charge in [-0.15, -0.1) is 0 Å². The fraction of sp³-hybridized carbons (Fsp3) is 0.381. The van der Waals surface area contributed by atoms with E-state index in [9.17, 15) is 4.79 Å². The average molecular weight is 339 g/mol. The van der Waals surface area contributed by atoms with Crippen LogP contribution in [0.5, 0.6) is 5.75 Å². The number of rotatable bonds is 6. The molecule has 4 nitrogen and oxygen atoms in total. The van der Waals surface area contributed by atoms with E-state index < -0.39 is 0 Å². The van der Waals surface area contributed by atoms with Crippen LogP contribution < -0.4 is 9.64 Å². The Labute approximate surface area is 150 Å². The molecule has 25 heavy (non-hydrogen) atoms. The van der Waals surface area contributed by atoms with Crippen LogP contribution in [0, 0.1) is 0 Å². The van der Waals surface area contributed by atoms with E-state index in [4.69, 9.17) is 4.74 Å². The topological polar surface area (TPSA) is 34.0 Å². The summed E-state index contributed by atoms with van der Waals surface area (Å²) in [5.41, 5.74) is 2.76. The molecule has 0 atom stereocenters. The second-order valence-electron chi connectivity index (χ2n) is 6.58. The van der Waals surface area contributed by atoms with Crippen molar-refractivity contribution in [2.75, 3.05) is 32.8 Å². The Morgan fingerprint density at radius 1 is 1.00 bits per heavy atom. The monoisotopic (exact) mass is 339 g/mol. The van der Waals surface area contributed by atoms with Crippen molar-refractivity contribution in [2.24, 2.45) is 0 Å². The summed E-state index contributed by atoms with van der Waals surface area (Å²) in [6, 6.07) is 18.4. The van der Waals surface area contributed by atoms with Crippen LogP contribution >= 0.6 is 0 Å². The molecule has 1 aliphatic heterocycles. The number of amides is 1. The Hall–Kier alpha value is -2.33. The zero-order chi connectivity index (χ0) is 17.5. The minimum atomic E-state index is 0.0789. The molecule has 0 aliphatic carbocycles. The standard InChI is InChI=1S/C21H26N2O2/c1-2-18-8-10-19(11-9-18)16-22-12-14-23(15-13-22)21(24)17-25-20-6-4-3-5-7-20/h3-11H,2,12-17H2,1H3/p+1. The molecule has 1 N–H and O–H groups in total. The van der Waals surface area contributed by atoms with E-state index >= 15 is 0 Å². The fourth-order valence-corrected chi connectivity index (χ4v) is 3.18. The molecule has 1 aliphatic rings.